The van der Waals surface area contributed by atoms with E-state index in [9.17, 15) is 20.0 Å². The van der Waals surface area contributed by atoms with E-state index in [-0.39, 0.29) is 24.8 Å². The Morgan fingerprint density at radius 1 is 1.39 bits per heavy atom. The third-order valence-electron chi connectivity index (χ3n) is 4.62. The van der Waals surface area contributed by atoms with Crippen molar-refractivity contribution in [3.05, 3.63) is 39.9 Å². The van der Waals surface area contributed by atoms with Gasteiger partial charge < -0.3 is 29.4 Å². The van der Waals surface area contributed by atoms with Crippen LogP contribution in [0.25, 0.3) is 0 Å². The summed E-state index contributed by atoms with van der Waals surface area (Å²) in [5, 5.41) is 24.2. The van der Waals surface area contributed by atoms with E-state index >= 15 is 0 Å². The lowest BCUT2D eigenvalue weighted by atomic mass is 9.95. The largest absolute Gasteiger partial charge is 0.388 e. The molecular weight excluding hydrogens is 372 g/mol. The normalized spacial score (nSPS) is 31.6. The molecule has 5 unspecified atom stereocenters. The van der Waals surface area contributed by atoms with Crippen LogP contribution in [0.15, 0.2) is 24.3 Å². The zero-order valence-electron chi connectivity index (χ0n) is 15.9. The molecule has 2 fully saturated rings. The number of nitro benzene ring substituents is 1. The molecule has 1 aromatic rings. The van der Waals surface area contributed by atoms with Crippen molar-refractivity contribution in [3.63, 3.8) is 0 Å². The van der Waals surface area contributed by atoms with Crippen molar-refractivity contribution in [2.75, 3.05) is 6.61 Å². The summed E-state index contributed by atoms with van der Waals surface area (Å²) in [5.74, 6) is -1.22. The van der Waals surface area contributed by atoms with Crippen molar-refractivity contribution in [2.24, 2.45) is 0 Å². The first-order valence-corrected chi connectivity index (χ1v) is 8.93. The van der Waals surface area contributed by atoms with Gasteiger partial charge in [-0.3, -0.25) is 14.9 Å². The summed E-state index contributed by atoms with van der Waals surface area (Å²) in [5.41, 5.74) is 0.663. The molecule has 0 saturated carbocycles. The predicted molar refractivity (Wildman–Crippen MR) is 95.1 cm³/mol. The number of non-ortho nitro benzene ring substituents is 1. The second kappa shape index (κ2) is 8.10. The Morgan fingerprint density at radius 3 is 2.68 bits per heavy atom. The van der Waals surface area contributed by atoms with E-state index in [0.29, 0.717) is 5.56 Å². The predicted octanol–water partition coefficient (Wildman–Crippen LogP) is 0.853. The minimum Gasteiger partial charge on any atom is -0.388 e. The smallest absolute Gasteiger partial charge is 0.269 e. The second-order valence-corrected chi connectivity index (χ2v) is 7.29. The number of ether oxygens (including phenoxy) is 4. The Balaban J connectivity index is 1.71. The van der Waals surface area contributed by atoms with Crippen LogP contribution in [0.4, 0.5) is 5.69 Å². The number of hydrogen-bond acceptors (Lipinski definition) is 8. The Bertz CT molecular complexity index is 723. The number of benzene rings is 1. The lowest BCUT2D eigenvalue weighted by Crippen LogP contribution is -2.68. The molecule has 2 N–H and O–H groups in total. The zero-order chi connectivity index (χ0) is 20.5. The Labute approximate surface area is 161 Å². The molecule has 1 aromatic carbocycles. The van der Waals surface area contributed by atoms with Crippen molar-refractivity contribution >= 4 is 11.6 Å². The SMILES string of the molecule is CC(=O)NC1C(OCc2ccc([N+](=O)[O-])cc2)OC2COC(C)(C)OC2C1O. The fourth-order valence-electron chi connectivity index (χ4n) is 3.27. The molecule has 28 heavy (non-hydrogen) atoms. The van der Waals surface area contributed by atoms with Crippen molar-refractivity contribution in [3.8, 4) is 0 Å². The Morgan fingerprint density at radius 2 is 2.07 bits per heavy atom. The molecule has 0 aromatic heterocycles. The number of carbonyl (C=O) groups excluding carboxylic acids is 1. The van der Waals surface area contributed by atoms with E-state index in [2.05, 4.69) is 5.32 Å². The number of carbonyl (C=O) groups is 1. The van der Waals surface area contributed by atoms with Crippen LogP contribution in [-0.4, -0.2) is 59.0 Å². The van der Waals surface area contributed by atoms with E-state index in [0.717, 1.165) is 0 Å². The van der Waals surface area contributed by atoms with Crippen LogP contribution in [0.3, 0.4) is 0 Å². The summed E-state index contributed by atoms with van der Waals surface area (Å²) in [6.07, 6.45) is -3.24. The van der Waals surface area contributed by atoms with E-state index in [1.165, 1.54) is 19.1 Å². The van der Waals surface area contributed by atoms with Gasteiger partial charge in [-0.2, -0.15) is 0 Å². The van der Waals surface area contributed by atoms with Crippen molar-refractivity contribution in [1.82, 2.24) is 5.32 Å². The van der Waals surface area contributed by atoms with Crippen LogP contribution < -0.4 is 5.32 Å². The molecule has 154 valence electrons. The molecule has 3 rings (SSSR count). The maximum absolute atomic E-state index is 11.6. The summed E-state index contributed by atoms with van der Waals surface area (Å²) < 4.78 is 23.0. The summed E-state index contributed by atoms with van der Waals surface area (Å²) in [4.78, 5) is 21.9. The van der Waals surface area contributed by atoms with Gasteiger partial charge in [0.25, 0.3) is 5.69 Å². The van der Waals surface area contributed by atoms with Gasteiger partial charge >= 0.3 is 0 Å². The van der Waals surface area contributed by atoms with Gasteiger partial charge in [0, 0.05) is 19.1 Å². The summed E-state index contributed by atoms with van der Waals surface area (Å²) in [6.45, 7) is 5.09. The van der Waals surface area contributed by atoms with Gasteiger partial charge in [-0.1, -0.05) is 0 Å². The molecule has 0 spiro atoms. The molecule has 2 heterocycles. The summed E-state index contributed by atoms with van der Waals surface area (Å²) in [7, 11) is 0. The van der Waals surface area contributed by atoms with Crippen molar-refractivity contribution in [2.45, 2.75) is 63.8 Å². The second-order valence-electron chi connectivity index (χ2n) is 7.29. The number of aliphatic hydroxyl groups is 1. The summed E-state index contributed by atoms with van der Waals surface area (Å²) >= 11 is 0. The molecule has 2 aliphatic heterocycles. The van der Waals surface area contributed by atoms with Gasteiger partial charge in [0.15, 0.2) is 12.1 Å². The minimum atomic E-state index is -1.06. The molecule has 1 amide bonds. The third kappa shape index (κ3) is 4.65. The molecule has 10 heteroatoms. The van der Waals surface area contributed by atoms with Gasteiger partial charge in [0.1, 0.15) is 24.4 Å². The standard InChI is InChI=1S/C18H24N2O8/c1-10(21)19-14-15(22)16-13(9-26-18(2,3)28-16)27-17(14)25-8-11-4-6-12(7-5-11)20(23)24/h4-7,13-17,22H,8-9H2,1-3H3,(H,19,21). The molecule has 10 nitrogen and oxygen atoms in total. The van der Waals surface area contributed by atoms with Crippen LogP contribution in [0.2, 0.25) is 0 Å². The zero-order valence-corrected chi connectivity index (χ0v) is 15.9. The monoisotopic (exact) mass is 396 g/mol. The number of rotatable bonds is 5. The average Bonchev–Trinajstić information content (AvgIpc) is 2.63. The first kappa shape index (κ1) is 20.6. The number of fused-ring (bicyclic) bond motifs is 1. The van der Waals surface area contributed by atoms with Crippen LogP contribution in [0, 0.1) is 10.1 Å². The number of amides is 1. The number of aliphatic hydroxyl groups excluding tert-OH is 1. The maximum atomic E-state index is 11.6. The fraction of sp³-hybridized carbons (Fsp3) is 0.611. The quantitative estimate of drug-likeness (QED) is 0.554. The Kier molecular flexibility index (Phi) is 5.96. The van der Waals surface area contributed by atoms with Crippen molar-refractivity contribution in [1.29, 1.82) is 0 Å². The topological polar surface area (TPSA) is 129 Å². The molecule has 0 aliphatic carbocycles. The first-order valence-electron chi connectivity index (χ1n) is 8.93. The van der Waals surface area contributed by atoms with E-state index in [1.807, 2.05) is 0 Å². The first-order chi connectivity index (χ1) is 13.2. The highest BCUT2D eigenvalue weighted by atomic mass is 16.8. The molecule has 0 bridgehead atoms. The highest BCUT2D eigenvalue weighted by Gasteiger charge is 2.51. The maximum Gasteiger partial charge on any atom is 0.269 e. The number of nitrogens with one attached hydrogen (secondary N) is 1. The van der Waals surface area contributed by atoms with E-state index in [4.69, 9.17) is 18.9 Å². The van der Waals surface area contributed by atoms with Crippen LogP contribution in [0.1, 0.15) is 26.3 Å². The lowest BCUT2D eigenvalue weighted by Gasteiger charge is -2.49. The number of nitrogens with zero attached hydrogens (tertiary/aromatic N) is 1. The van der Waals surface area contributed by atoms with Crippen molar-refractivity contribution < 1.29 is 33.8 Å². The summed E-state index contributed by atoms with van der Waals surface area (Å²) in [6, 6.07) is 5.06. The Hall–Kier alpha value is -2.11. The van der Waals surface area contributed by atoms with Gasteiger partial charge in [-0.05, 0) is 31.5 Å². The van der Waals surface area contributed by atoms with Gasteiger partial charge in [-0.25, -0.2) is 0 Å². The van der Waals surface area contributed by atoms with E-state index in [1.54, 1.807) is 26.0 Å². The third-order valence-corrected chi connectivity index (χ3v) is 4.62. The lowest BCUT2D eigenvalue weighted by molar-refractivity contribution is -0.384. The fourth-order valence-corrected chi connectivity index (χ4v) is 3.27. The van der Waals surface area contributed by atoms with Gasteiger partial charge in [-0.15, -0.1) is 0 Å². The highest BCUT2D eigenvalue weighted by molar-refractivity contribution is 5.73. The molecular formula is C18H24N2O8. The highest BCUT2D eigenvalue weighted by Crippen LogP contribution is 2.33. The van der Waals surface area contributed by atoms with Crippen LogP contribution in [-0.2, 0) is 30.3 Å². The van der Waals surface area contributed by atoms with Crippen LogP contribution >= 0.6 is 0 Å². The molecule has 2 saturated heterocycles. The van der Waals surface area contributed by atoms with Gasteiger partial charge in [0.2, 0.25) is 5.91 Å². The average molecular weight is 396 g/mol. The van der Waals surface area contributed by atoms with E-state index < -0.39 is 41.4 Å². The van der Waals surface area contributed by atoms with Crippen LogP contribution in [0.5, 0.6) is 0 Å². The molecule has 0 radical (unpaired) electrons. The molecule has 5 atom stereocenters. The molecule has 2 aliphatic rings. The van der Waals surface area contributed by atoms with Gasteiger partial charge in [0.05, 0.1) is 18.1 Å². The number of hydrogen-bond donors (Lipinski definition) is 2. The number of nitro groups is 1. The minimum absolute atomic E-state index is 0.0221.